The van der Waals surface area contributed by atoms with Crippen LogP contribution < -0.4 is 9.47 Å². The van der Waals surface area contributed by atoms with Crippen molar-refractivity contribution >= 4 is 16.6 Å². The number of benzene rings is 3. The number of non-ortho nitro benzene ring substituents is 1. The van der Waals surface area contributed by atoms with Crippen molar-refractivity contribution < 1.29 is 37.4 Å². The Morgan fingerprint density at radius 3 is 2.18 bits per heavy atom. The molecule has 1 fully saturated rings. The summed E-state index contributed by atoms with van der Waals surface area (Å²) in [5.41, 5.74) is -2.05. The van der Waals surface area contributed by atoms with Crippen molar-refractivity contribution in [3.8, 4) is 11.5 Å². The average Bonchev–Trinajstić information content (AvgIpc) is 3.40. The van der Waals surface area contributed by atoms with Crippen molar-refractivity contribution in [1.82, 2.24) is 9.47 Å². The van der Waals surface area contributed by atoms with Crippen LogP contribution >= 0.6 is 0 Å². The number of nitro benzene ring substituents is 1. The fraction of sp³-hybridized carbons (Fsp3) is 0.394. The highest BCUT2D eigenvalue weighted by Crippen LogP contribution is 2.46. The largest absolute Gasteiger partial charge is 0.496 e. The molecule has 4 aromatic rings. The van der Waals surface area contributed by atoms with E-state index in [4.69, 9.17) is 14.2 Å². The zero-order valence-electron chi connectivity index (χ0n) is 25.3. The predicted molar refractivity (Wildman–Crippen MR) is 163 cm³/mol. The van der Waals surface area contributed by atoms with E-state index in [1.807, 2.05) is 36.4 Å². The van der Waals surface area contributed by atoms with Crippen LogP contribution in [-0.4, -0.2) is 66.6 Å². The number of β-amino-alcohol motifs (C(OH)–C–C–N with tert-alkyl or cyclic N) is 1. The molecule has 0 radical (unpaired) electrons. The third kappa shape index (κ3) is 6.35. The van der Waals surface area contributed by atoms with Crippen molar-refractivity contribution in [3.05, 3.63) is 99.7 Å². The molecule has 2 atom stereocenters. The van der Waals surface area contributed by atoms with Crippen molar-refractivity contribution in [2.24, 2.45) is 5.92 Å². The maximum absolute atomic E-state index is 14.9. The molecule has 5 rings (SSSR count). The van der Waals surface area contributed by atoms with Gasteiger partial charge in [-0.1, -0.05) is 36.4 Å². The van der Waals surface area contributed by atoms with Gasteiger partial charge in [0.25, 0.3) is 5.69 Å². The summed E-state index contributed by atoms with van der Waals surface area (Å²) in [7, 11) is 4.70. The Balaban J connectivity index is 1.45. The van der Waals surface area contributed by atoms with E-state index >= 15 is 0 Å². The van der Waals surface area contributed by atoms with Crippen molar-refractivity contribution in [2.75, 3.05) is 41.0 Å². The highest BCUT2D eigenvalue weighted by atomic mass is 19.4. The number of alkyl halides is 3. The van der Waals surface area contributed by atoms with Crippen LogP contribution in [0.2, 0.25) is 0 Å². The third-order valence-corrected chi connectivity index (χ3v) is 8.70. The first-order valence-corrected chi connectivity index (χ1v) is 14.6. The third-order valence-electron chi connectivity index (χ3n) is 8.70. The number of hydrogen-bond acceptors (Lipinski definition) is 7. The molecule has 0 spiro atoms. The van der Waals surface area contributed by atoms with Gasteiger partial charge in [-0.2, -0.15) is 13.2 Å². The molecule has 0 amide bonds. The van der Waals surface area contributed by atoms with Crippen LogP contribution in [0, 0.1) is 16.0 Å². The molecule has 9 nitrogen and oxygen atoms in total. The molecule has 12 heteroatoms. The van der Waals surface area contributed by atoms with Crippen LogP contribution in [0.3, 0.4) is 0 Å². The molecule has 0 bridgehead atoms. The number of nitrogens with zero attached hydrogens (tertiary/aromatic N) is 3. The van der Waals surface area contributed by atoms with Gasteiger partial charge in [-0.05, 0) is 55.6 Å². The lowest BCUT2D eigenvalue weighted by Gasteiger charge is -2.40. The van der Waals surface area contributed by atoms with Gasteiger partial charge in [0.1, 0.15) is 11.5 Å². The quantitative estimate of drug-likeness (QED) is 0.150. The molecule has 240 valence electrons. The van der Waals surface area contributed by atoms with Crippen LogP contribution in [0.4, 0.5) is 18.9 Å². The standard InChI is InChI=1S/C33H36F3N3O6/c1-43-28-10-7-11-29(44-2)30(28)31(45-3)23-14-16-37(17-15-23)21-32(40,33(34,35)36)26-20-38(19-22-8-5-4-6-9-22)27-18-24(39(41)42)12-13-25(26)27/h4-13,18,20,23,31,40H,14-17,19,21H2,1-3H3. The minimum Gasteiger partial charge on any atom is -0.496 e. The number of fused-ring (bicyclic) bond motifs is 1. The van der Waals surface area contributed by atoms with Crippen molar-refractivity contribution in [3.63, 3.8) is 0 Å². The minimum absolute atomic E-state index is 0.0382. The number of methoxy groups -OCH3 is 3. The first-order chi connectivity index (χ1) is 21.5. The molecule has 45 heavy (non-hydrogen) atoms. The molecule has 2 heterocycles. The highest BCUT2D eigenvalue weighted by Gasteiger charge is 2.57. The van der Waals surface area contributed by atoms with Gasteiger partial charge in [-0.25, -0.2) is 0 Å². The van der Waals surface area contributed by atoms with Gasteiger partial charge in [0, 0.05) is 49.5 Å². The number of ether oxygens (including phenoxy) is 3. The number of aliphatic hydroxyl groups is 1. The SMILES string of the molecule is COc1cccc(OC)c1C(OC)C1CCN(CC(O)(c2cn(Cc3ccccc3)c3cc([N+](=O)[O-])ccc23)C(F)(F)F)CC1. The summed E-state index contributed by atoms with van der Waals surface area (Å²) in [6.45, 7) is 0.0476. The smallest absolute Gasteiger partial charge is 0.422 e. The number of piperidine rings is 1. The van der Waals surface area contributed by atoms with Gasteiger partial charge in [0.05, 0.1) is 36.3 Å². The second-order valence-corrected chi connectivity index (χ2v) is 11.3. The zero-order chi connectivity index (χ0) is 32.4. The van der Waals surface area contributed by atoms with Gasteiger partial charge in [0.15, 0.2) is 0 Å². The Morgan fingerprint density at radius 2 is 1.62 bits per heavy atom. The Bertz CT molecular complexity index is 1610. The molecule has 1 saturated heterocycles. The van der Waals surface area contributed by atoms with Crippen LogP contribution in [0.15, 0.2) is 72.9 Å². The molecule has 1 aliphatic rings. The van der Waals surface area contributed by atoms with Crippen LogP contribution in [0.5, 0.6) is 11.5 Å². The fourth-order valence-electron chi connectivity index (χ4n) is 6.41. The molecule has 1 N–H and O–H groups in total. The van der Waals surface area contributed by atoms with Gasteiger partial charge >= 0.3 is 6.18 Å². The second kappa shape index (κ2) is 13.1. The molecular formula is C33H36F3N3O6. The number of nitro groups is 1. The van der Waals surface area contributed by atoms with Crippen LogP contribution in [-0.2, 0) is 16.9 Å². The fourth-order valence-corrected chi connectivity index (χ4v) is 6.41. The maximum atomic E-state index is 14.9. The van der Waals surface area contributed by atoms with Crippen LogP contribution in [0.1, 0.15) is 35.6 Å². The Labute approximate surface area is 258 Å². The Kier molecular flexibility index (Phi) is 9.38. The number of likely N-dealkylation sites (tertiary alicyclic amines) is 1. The molecular weight excluding hydrogens is 591 g/mol. The average molecular weight is 628 g/mol. The number of halogens is 3. The number of aromatic nitrogens is 1. The van der Waals surface area contributed by atoms with E-state index in [1.165, 1.54) is 22.9 Å². The summed E-state index contributed by atoms with van der Waals surface area (Å²) >= 11 is 0. The van der Waals surface area contributed by atoms with Gasteiger partial charge in [0.2, 0.25) is 5.60 Å². The highest BCUT2D eigenvalue weighted by molar-refractivity contribution is 5.87. The monoisotopic (exact) mass is 627 g/mol. The Morgan fingerprint density at radius 1 is 0.978 bits per heavy atom. The van der Waals surface area contributed by atoms with E-state index in [9.17, 15) is 28.4 Å². The van der Waals surface area contributed by atoms with Crippen LogP contribution in [0.25, 0.3) is 10.9 Å². The van der Waals surface area contributed by atoms with E-state index < -0.39 is 29.3 Å². The normalized spacial score (nSPS) is 16.8. The number of hydrogen-bond donors (Lipinski definition) is 1. The zero-order valence-corrected chi connectivity index (χ0v) is 25.3. The maximum Gasteiger partial charge on any atom is 0.422 e. The van der Waals surface area contributed by atoms with E-state index in [1.54, 1.807) is 38.4 Å². The first-order valence-electron chi connectivity index (χ1n) is 14.6. The molecule has 2 unspecified atom stereocenters. The summed E-state index contributed by atoms with van der Waals surface area (Å²) in [5, 5.41) is 23.2. The molecule has 0 aliphatic carbocycles. The van der Waals surface area contributed by atoms with Gasteiger partial charge < -0.3 is 23.9 Å². The lowest BCUT2D eigenvalue weighted by atomic mass is 9.85. The van der Waals surface area contributed by atoms with Gasteiger partial charge in [-0.3, -0.25) is 15.0 Å². The summed E-state index contributed by atoms with van der Waals surface area (Å²) in [6.07, 6.45) is -3.15. The molecule has 1 aromatic heterocycles. The van der Waals surface area contributed by atoms with E-state index in [0.717, 1.165) is 17.2 Å². The molecule has 3 aromatic carbocycles. The topological polar surface area (TPSA) is 99.2 Å². The molecule has 1 aliphatic heterocycles. The summed E-state index contributed by atoms with van der Waals surface area (Å²) in [6, 6.07) is 18.2. The van der Waals surface area contributed by atoms with Crippen molar-refractivity contribution in [2.45, 2.75) is 37.3 Å². The van der Waals surface area contributed by atoms with E-state index in [0.29, 0.717) is 24.3 Å². The second-order valence-electron chi connectivity index (χ2n) is 11.3. The van der Waals surface area contributed by atoms with E-state index in [2.05, 4.69) is 0 Å². The summed E-state index contributed by atoms with van der Waals surface area (Å²) in [5.74, 6) is 1.16. The minimum atomic E-state index is -5.03. The summed E-state index contributed by atoms with van der Waals surface area (Å²) < 4.78 is 63.3. The predicted octanol–water partition coefficient (Wildman–Crippen LogP) is 6.46. The number of rotatable bonds is 11. The summed E-state index contributed by atoms with van der Waals surface area (Å²) in [4.78, 5) is 12.6. The molecule has 0 saturated carbocycles. The lowest BCUT2D eigenvalue weighted by molar-refractivity contribution is -0.384. The Hall–Kier alpha value is -4.13. The first kappa shape index (κ1) is 32.3. The van der Waals surface area contributed by atoms with E-state index in [-0.39, 0.29) is 47.7 Å². The van der Waals surface area contributed by atoms with Crippen molar-refractivity contribution in [1.29, 1.82) is 0 Å². The van der Waals surface area contributed by atoms with Gasteiger partial charge in [-0.15, -0.1) is 0 Å². The lowest BCUT2D eigenvalue weighted by Crippen LogP contribution is -2.52.